The lowest BCUT2D eigenvalue weighted by Gasteiger charge is -2.08. The van der Waals surface area contributed by atoms with Crippen LogP contribution in [0.3, 0.4) is 0 Å². The van der Waals surface area contributed by atoms with Gasteiger partial charge in [-0.1, -0.05) is 6.07 Å². The van der Waals surface area contributed by atoms with Crippen LogP contribution < -0.4 is 9.88 Å². The first-order valence-electron chi connectivity index (χ1n) is 7.36. The van der Waals surface area contributed by atoms with Crippen molar-refractivity contribution in [1.82, 2.24) is 0 Å². The molecule has 1 aromatic carbocycles. The minimum absolute atomic E-state index is 0.192. The molecule has 6 heteroatoms. The van der Waals surface area contributed by atoms with Crippen molar-refractivity contribution in [2.45, 2.75) is 32.0 Å². The monoisotopic (exact) mass is 323 g/mol. The number of amides is 1. The quantitative estimate of drug-likeness (QED) is 0.636. The topological polar surface area (TPSA) is 33.0 Å². The molecule has 0 aliphatic carbocycles. The average Bonchev–Trinajstić information content (AvgIpc) is 2.52. The van der Waals surface area contributed by atoms with Gasteiger partial charge in [-0.3, -0.25) is 4.79 Å². The molecular formula is C17H18F3N2O+. The molecule has 0 bridgehead atoms. The third-order valence-electron chi connectivity index (χ3n) is 3.34. The number of pyridine rings is 1. The van der Waals surface area contributed by atoms with Crippen LogP contribution in [-0.2, 0) is 17.5 Å². The van der Waals surface area contributed by atoms with Crippen LogP contribution in [0.15, 0.2) is 54.9 Å². The van der Waals surface area contributed by atoms with Gasteiger partial charge in [0.25, 0.3) is 0 Å². The fourth-order valence-corrected chi connectivity index (χ4v) is 2.13. The van der Waals surface area contributed by atoms with Crippen LogP contribution in [0.2, 0.25) is 0 Å². The number of unbranched alkanes of at least 4 members (excludes halogenated alkanes) is 1. The molecule has 0 radical (unpaired) electrons. The molecule has 0 fully saturated rings. The highest BCUT2D eigenvalue weighted by Gasteiger charge is 2.29. The normalized spacial score (nSPS) is 11.3. The molecule has 1 aromatic heterocycles. The predicted octanol–water partition coefficient (Wildman–Crippen LogP) is 3.80. The molecule has 0 aliphatic heterocycles. The Labute approximate surface area is 132 Å². The zero-order chi connectivity index (χ0) is 16.7. The number of benzene rings is 1. The summed E-state index contributed by atoms with van der Waals surface area (Å²) in [5, 5.41) is 2.61. The zero-order valence-electron chi connectivity index (χ0n) is 12.5. The molecule has 0 saturated carbocycles. The Hall–Kier alpha value is -2.37. The van der Waals surface area contributed by atoms with E-state index in [0.717, 1.165) is 25.1 Å². The van der Waals surface area contributed by atoms with E-state index in [1.54, 1.807) is 0 Å². The lowest BCUT2D eigenvalue weighted by atomic mass is 10.2. The van der Waals surface area contributed by atoms with E-state index in [1.165, 1.54) is 12.1 Å². The molecule has 0 unspecified atom stereocenters. The molecule has 0 aliphatic rings. The number of aryl methyl sites for hydroxylation is 1. The van der Waals surface area contributed by atoms with Crippen LogP contribution in [0.4, 0.5) is 18.9 Å². The number of rotatable bonds is 6. The number of alkyl halides is 3. The maximum Gasteiger partial charge on any atom is 0.416 e. The number of nitrogens with one attached hydrogen (secondary N) is 1. The van der Waals surface area contributed by atoms with Gasteiger partial charge in [0.1, 0.15) is 6.54 Å². The van der Waals surface area contributed by atoms with Gasteiger partial charge in [0.15, 0.2) is 12.4 Å². The van der Waals surface area contributed by atoms with Crippen molar-refractivity contribution < 1.29 is 22.5 Å². The summed E-state index contributed by atoms with van der Waals surface area (Å²) in [4.78, 5) is 11.8. The molecule has 0 saturated heterocycles. The Kier molecular flexibility index (Phi) is 5.73. The van der Waals surface area contributed by atoms with Gasteiger partial charge in [-0.15, -0.1) is 0 Å². The lowest BCUT2D eigenvalue weighted by molar-refractivity contribution is -0.697. The van der Waals surface area contributed by atoms with Crippen LogP contribution in [0.5, 0.6) is 0 Å². The molecule has 23 heavy (non-hydrogen) atoms. The van der Waals surface area contributed by atoms with Crippen molar-refractivity contribution in [3.05, 3.63) is 60.4 Å². The van der Waals surface area contributed by atoms with Crippen LogP contribution in [0.1, 0.15) is 24.8 Å². The van der Waals surface area contributed by atoms with Crippen molar-refractivity contribution in [2.75, 3.05) is 5.32 Å². The fraction of sp³-hybridized carbons (Fsp3) is 0.294. The second kappa shape index (κ2) is 7.76. The van der Waals surface area contributed by atoms with Crippen LogP contribution in [0, 0.1) is 0 Å². The second-order valence-electron chi connectivity index (χ2n) is 5.19. The number of hydrogen-bond donors (Lipinski definition) is 1. The summed E-state index contributed by atoms with van der Waals surface area (Å²) >= 11 is 0. The highest BCUT2D eigenvalue weighted by molar-refractivity contribution is 5.90. The maximum absolute atomic E-state index is 12.4. The second-order valence-corrected chi connectivity index (χ2v) is 5.19. The Morgan fingerprint density at radius 1 is 1.00 bits per heavy atom. The summed E-state index contributed by atoms with van der Waals surface area (Å²) in [6, 6.07) is 10.3. The molecule has 3 nitrogen and oxygen atoms in total. The smallest absolute Gasteiger partial charge is 0.326 e. The Bertz CT molecular complexity index is 625. The van der Waals surface area contributed by atoms with Crippen molar-refractivity contribution in [3.63, 3.8) is 0 Å². The number of nitrogens with zero attached hydrogens (tertiary/aromatic N) is 1. The number of anilines is 1. The van der Waals surface area contributed by atoms with Gasteiger partial charge in [-0.2, -0.15) is 13.2 Å². The fourth-order valence-electron chi connectivity index (χ4n) is 2.13. The minimum Gasteiger partial charge on any atom is -0.326 e. The molecule has 0 atom stereocenters. The van der Waals surface area contributed by atoms with Crippen LogP contribution in [0.25, 0.3) is 0 Å². The number of hydrogen-bond acceptors (Lipinski definition) is 1. The predicted molar refractivity (Wildman–Crippen MR) is 80.6 cm³/mol. The summed E-state index contributed by atoms with van der Waals surface area (Å²) in [5.74, 6) is -0.192. The molecule has 122 valence electrons. The Morgan fingerprint density at radius 2 is 1.65 bits per heavy atom. The van der Waals surface area contributed by atoms with E-state index in [1.807, 2.05) is 35.2 Å². The first kappa shape index (κ1) is 17.0. The number of carbonyl (C=O) groups excluding carboxylic acids is 1. The minimum atomic E-state index is -4.36. The highest BCUT2D eigenvalue weighted by atomic mass is 19.4. The number of halogens is 3. The van der Waals surface area contributed by atoms with Crippen molar-refractivity contribution in [3.8, 4) is 0 Å². The molecule has 1 amide bonds. The highest BCUT2D eigenvalue weighted by Crippen LogP contribution is 2.29. The molecule has 2 rings (SSSR count). The Balaban J connectivity index is 1.72. The SMILES string of the molecule is O=C(CCCC[n+]1ccccc1)Nc1ccc(C(F)(F)F)cc1. The molecule has 2 aromatic rings. The van der Waals surface area contributed by atoms with Crippen molar-refractivity contribution in [2.24, 2.45) is 0 Å². The van der Waals surface area contributed by atoms with Crippen molar-refractivity contribution >= 4 is 11.6 Å². The first-order chi connectivity index (χ1) is 10.9. The summed E-state index contributed by atoms with van der Waals surface area (Å²) in [5.41, 5.74) is -0.351. The van der Waals surface area contributed by atoms with Crippen LogP contribution >= 0.6 is 0 Å². The first-order valence-corrected chi connectivity index (χ1v) is 7.36. The van der Waals surface area contributed by atoms with E-state index in [0.29, 0.717) is 18.5 Å². The van der Waals surface area contributed by atoms with Crippen molar-refractivity contribution in [1.29, 1.82) is 0 Å². The third kappa shape index (κ3) is 5.73. The van der Waals surface area contributed by atoms with E-state index in [-0.39, 0.29) is 5.91 Å². The Morgan fingerprint density at radius 3 is 2.26 bits per heavy atom. The maximum atomic E-state index is 12.4. The van der Waals surface area contributed by atoms with Crippen LogP contribution in [-0.4, -0.2) is 5.91 Å². The summed E-state index contributed by atoms with van der Waals surface area (Å²) in [6.45, 7) is 0.828. The standard InChI is InChI=1S/C17H17F3N2O/c18-17(19,20)14-7-9-15(10-8-14)21-16(23)6-2-5-13-22-11-3-1-4-12-22/h1,3-4,7-12H,2,5-6,13H2/p+1. The summed E-state index contributed by atoms with van der Waals surface area (Å²) in [6.07, 6.45) is 1.47. The zero-order valence-corrected chi connectivity index (χ0v) is 12.5. The van der Waals surface area contributed by atoms with Gasteiger partial charge in [0, 0.05) is 30.7 Å². The van der Waals surface area contributed by atoms with Gasteiger partial charge < -0.3 is 5.32 Å². The number of aromatic nitrogens is 1. The van der Waals surface area contributed by atoms with E-state index in [2.05, 4.69) is 5.32 Å². The van der Waals surface area contributed by atoms with Gasteiger partial charge in [0.2, 0.25) is 5.91 Å². The van der Waals surface area contributed by atoms with Gasteiger partial charge in [-0.25, -0.2) is 4.57 Å². The third-order valence-corrected chi connectivity index (χ3v) is 3.34. The van der Waals surface area contributed by atoms with E-state index >= 15 is 0 Å². The molecular weight excluding hydrogens is 305 g/mol. The number of carbonyl (C=O) groups is 1. The lowest BCUT2D eigenvalue weighted by Crippen LogP contribution is -2.32. The van der Waals surface area contributed by atoms with E-state index in [9.17, 15) is 18.0 Å². The molecule has 1 heterocycles. The van der Waals surface area contributed by atoms with E-state index in [4.69, 9.17) is 0 Å². The summed E-state index contributed by atoms with van der Waals surface area (Å²) in [7, 11) is 0. The average molecular weight is 323 g/mol. The molecule has 0 spiro atoms. The van der Waals surface area contributed by atoms with Gasteiger partial charge in [0.05, 0.1) is 5.56 Å². The summed E-state index contributed by atoms with van der Waals surface area (Å²) < 4.78 is 39.4. The van der Waals surface area contributed by atoms with Gasteiger partial charge >= 0.3 is 6.18 Å². The largest absolute Gasteiger partial charge is 0.416 e. The van der Waals surface area contributed by atoms with E-state index < -0.39 is 11.7 Å². The van der Waals surface area contributed by atoms with Gasteiger partial charge in [-0.05, 0) is 30.7 Å². The molecule has 1 N–H and O–H groups in total.